The van der Waals surface area contributed by atoms with E-state index in [4.69, 9.17) is 0 Å². The molecule has 1 aromatic rings. The van der Waals surface area contributed by atoms with Crippen molar-refractivity contribution < 1.29 is 24.0 Å². The fourth-order valence-electron chi connectivity index (χ4n) is 1.24. The highest BCUT2D eigenvalue weighted by Gasteiger charge is 2.42. The van der Waals surface area contributed by atoms with Gasteiger partial charge in [-0.15, -0.1) is 0 Å². The lowest BCUT2D eigenvalue weighted by molar-refractivity contribution is -0.686. The fourth-order valence-corrected chi connectivity index (χ4v) is 2.39. The highest BCUT2D eigenvalue weighted by atomic mass is 32.1. The summed E-state index contributed by atoms with van der Waals surface area (Å²) in [5, 5.41) is 20.4. The van der Waals surface area contributed by atoms with Gasteiger partial charge in [-0.25, -0.2) is 4.39 Å². The average molecular weight is 233 g/mol. The second kappa shape index (κ2) is 3.86. The van der Waals surface area contributed by atoms with Crippen molar-refractivity contribution >= 4 is 17.3 Å². The molecule has 4 nitrogen and oxygen atoms in total. The van der Waals surface area contributed by atoms with Crippen LogP contribution in [0.4, 0.5) is 4.39 Å². The first kappa shape index (κ1) is 12.1. The van der Waals surface area contributed by atoms with Crippen LogP contribution in [-0.2, 0) is 17.4 Å². The van der Waals surface area contributed by atoms with Gasteiger partial charge in [-0.2, -0.15) is 4.57 Å². The first-order valence-electron chi connectivity index (χ1n) is 4.31. The molecule has 0 aliphatic rings. The molecule has 84 valence electrons. The number of thiazole rings is 1. The highest BCUT2D eigenvalue weighted by Crippen LogP contribution is 2.26. The molecule has 1 aromatic heterocycles. The number of carbonyl (C=O) groups is 1. The molecule has 0 fully saturated rings. The molecular weight excluding hydrogens is 221 g/mol. The number of aliphatic hydroxyl groups is 1. The molecule has 0 radical (unpaired) electrons. The second-order valence-corrected chi connectivity index (χ2v) is 4.59. The molecule has 0 aliphatic heterocycles. The third-order valence-electron chi connectivity index (χ3n) is 2.45. The largest absolute Gasteiger partial charge is 0.546 e. The summed E-state index contributed by atoms with van der Waals surface area (Å²) in [4.78, 5) is 11.6. The normalized spacial score (nSPS) is 15.0. The van der Waals surface area contributed by atoms with Crippen molar-refractivity contribution in [2.24, 2.45) is 7.05 Å². The third kappa shape index (κ3) is 1.74. The third-order valence-corrected chi connectivity index (χ3v) is 3.86. The van der Waals surface area contributed by atoms with E-state index in [-0.39, 0.29) is 5.01 Å². The number of aromatic nitrogens is 1. The number of aliphatic carboxylic acids is 1. The summed E-state index contributed by atoms with van der Waals surface area (Å²) in [6, 6.07) is 0. The van der Waals surface area contributed by atoms with Crippen molar-refractivity contribution in [3.8, 4) is 0 Å². The Morgan fingerprint density at radius 2 is 2.20 bits per heavy atom. The zero-order chi connectivity index (χ0) is 11.8. The summed E-state index contributed by atoms with van der Waals surface area (Å²) >= 11 is 1.05. The van der Waals surface area contributed by atoms with E-state index < -0.39 is 18.2 Å². The number of nitrogens with zero attached hydrogens (tertiary/aromatic N) is 1. The van der Waals surface area contributed by atoms with Crippen LogP contribution in [-0.4, -0.2) is 17.8 Å². The number of carboxylic acid groups (broad SMARTS) is 1. The standard InChI is InChI=1S/C9H12FNO3S/c1-5-6(2)15-7(11(5)3)9(14,4-10)8(12)13/h14H,4H2,1-3H3. The van der Waals surface area contributed by atoms with Crippen LogP contribution in [0.3, 0.4) is 0 Å². The molecule has 1 heterocycles. The van der Waals surface area contributed by atoms with Crippen LogP contribution in [0.5, 0.6) is 0 Å². The van der Waals surface area contributed by atoms with Crippen LogP contribution in [0.25, 0.3) is 0 Å². The van der Waals surface area contributed by atoms with Gasteiger partial charge in [0.25, 0.3) is 5.01 Å². The van der Waals surface area contributed by atoms with Gasteiger partial charge in [0.2, 0.25) is 5.60 Å². The van der Waals surface area contributed by atoms with Gasteiger partial charge in [0.15, 0.2) is 5.69 Å². The zero-order valence-electron chi connectivity index (χ0n) is 8.70. The monoisotopic (exact) mass is 233 g/mol. The number of carboxylic acids is 1. The molecular formula is C9H12FNO3S. The van der Waals surface area contributed by atoms with Gasteiger partial charge in [-0.3, -0.25) is 0 Å². The molecule has 0 saturated carbocycles. The van der Waals surface area contributed by atoms with Crippen LogP contribution in [0.15, 0.2) is 0 Å². The Hall–Kier alpha value is -1.01. The quantitative estimate of drug-likeness (QED) is 0.688. The minimum absolute atomic E-state index is 0.0417. The topological polar surface area (TPSA) is 64.2 Å². The maximum Gasteiger partial charge on any atom is 0.278 e. The summed E-state index contributed by atoms with van der Waals surface area (Å²) in [5.74, 6) is -1.82. The Bertz CT molecular complexity index is 404. The average Bonchev–Trinajstić information content (AvgIpc) is 2.45. The molecule has 0 amide bonds. The van der Waals surface area contributed by atoms with Crippen molar-refractivity contribution in [1.82, 2.24) is 0 Å². The van der Waals surface area contributed by atoms with E-state index in [0.717, 1.165) is 21.9 Å². The Morgan fingerprint density at radius 3 is 2.47 bits per heavy atom. The van der Waals surface area contributed by atoms with Crippen molar-refractivity contribution in [3.05, 3.63) is 15.6 Å². The Balaban J connectivity index is 3.37. The first-order valence-corrected chi connectivity index (χ1v) is 5.12. The molecule has 6 heteroatoms. The Kier molecular flexibility index (Phi) is 3.11. The minimum Gasteiger partial charge on any atom is -0.546 e. The SMILES string of the molecule is Cc1sc(C(O)(CF)C(=O)[O-])[n+](C)c1C. The number of alkyl halides is 1. The molecule has 0 bridgehead atoms. The van der Waals surface area contributed by atoms with Crippen LogP contribution in [0.1, 0.15) is 15.6 Å². The van der Waals surface area contributed by atoms with Crippen molar-refractivity contribution in [2.45, 2.75) is 19.4 Å². The Morgan fingerprint density at radius 1 is 1.67 bits per heavy atom. The molecule has 15 heavy (non-hydrogen) atoms. The number of rotatable bonds is 3. The maximum atomic E-state index is 12.6. The zero-order valence-corrected chi connectivity index (χ0v) is 9.52. The maximum absolute atomic E-state index is 12.6. The second-order valence-electron chi connectivity index (χ2n) is 3.39. The highest BCUT2D eigenvalue weighted by molar-refractivity contribution is 7.11. The molecule has 0 aromatic carbocycles. The van der Waals surface area contributed by atoms with Gasteiger partial charge in [-0.1, -0.05) is 11.3 Å². The fraction of sp³-hybridized carbons (Fsp3) is 0.556. The summed E-state index contributed by atoms with van der Waals surface area (Å²) in [7, 11) is 1.58. The molecule has 0 saturated heterocycles. The summed E-state index contributed by atoms with van der Waals surface area (Å²) < 4.78 is 14.1. The van der Waals surface area contributed by atoms with Gasteiger partial charge in [0, 0.05) is 6.92 Å². The number of carbonyl (C=O) groups excluding carboxylic acids is 1. The van der Waals surface area contributed by atoms with E-state index in [0.29, 0.717) is 0 Å². The first-order chi connectivity index (χ1) is 6.84. The summed E-state index contributed by atoms with van der Waals surface area (Å²) in [6.45, 7) is 2.14. The van der Waals surface area contributed by atoms with Gasteiger partial charge >= 0.3 is 0 Å². The van der Waals surface area contributed by atoms with Gasteiger partial charge in [0.05, 0.1) is 10.8 Å². The van der Waals surface area contributed by atoms with E-state index in [1.54, 1.807) is 20.9 Å². The van der Waals surface area contributed by atoms with Crippen LogP contribution >= 0.6 is 11.3 Å². The van der Waals surface area contributed by atoms with Crippen molar-refractivity contribution in [1.29, 1.82) is 0 Å². The van der Waals surface area contributed by atoms with E-state index in [9.17, 15) is 19.4 Å². The molecule has 1 atom stereocenters. The van der Waals surface area contributed by atoms with Gasteiger partial charge in [-0.05, 0) is 6.92 Å². The lowest BCUT2D eigenvalue weighted by Crippen LogP contribution is -2.53. The van der Waals surface area contributed by atoms with Crippen LogP contribution in [0, 0.1) is 13.8 Å². The number of hydrogen-bond donors (Lipinski definition) is 1. The molecule has 1 N–H and O–H groups in total. The predicted octanol–water partition coefficient (Wildman–Crippen LogP) is -0.904. The van der Waals surface area contributed by atoms with Gasteiger partial charge in [0.1, 0.15) is 13.7 Å². The van der Waals surface area contributed by atoms with E-state index >= 15 is 0 Å². The smallest absolute Gasteiger partial charge is 0.278 e. The van der Waals surface area contributed by atoms with Crippen LogP contribution in [0.2, 0.25) is 0 Å². The van der Waals surface area contributed by atoms with E-state index in [2.05, 4.69) is 0 Å². The molecule has 1 unspecified atom stereocenters. The van der Waals surface area contributed by atoms with Crippen molar-refractivity contribution in [2.75, 3.05) is 6.67 Å². The molecule has 1 rings (SSSR count). The number of halogens is 1. The van der Waals surface area contributed by atoms with Gasteiger partial charge < -0.3 is 15.0 Å². The lowest BCUT2D eigenvalue weighted by atomic mass is 10.1. The van der Waals surface area contributed by atoms with E-state index in [1.165, 1.54) is 4.57 Å². The summed E-state index contributed by atoms with van der Waals surface area (Å²) in [5.41, 5.74) is -1.75. The Labute approximate surface area is 90.6 Å². The number of hydrogen-bond acceptors (Lipinski definition) is 4. The van der Waals surface area contributed by atoms with Crippen molar-refractivity contribution in [3.63, 3.8) is 0 Å². The predicted molar refractivity (Wildman–Crippen MR) is 49.8 cm³/mol. The lowest BCUT2D eigenvalue weighted by Gasteiger charge is -2.20. The van der Waals surface area contributed by atoms with E-state index in [1.807, 2.05) is 0 Å². The molecule has 0 spiro atoms. The summed E-state index contributed by atoms with van der Waals surface area (Å²) in [6.07, 6.45) is 0. The van der Waals surface area contributed by atoms with Crippen LogP contribution < -0.4 is 9.67 Å². The number of aryl methyl sites for hydroxylation is 1. The molecule has 0 aliphatic carbocycles. The minimum atomic E-state index is -2.54.